The predicted molar refractivity (Wildman–Crippen MR) is 42.9 cm³/mol. The summed E-state index contributed by atoms with van der Waals surface area (Å²) in [6, 6.07) is 0. The lowest BCUT2D eigenvalue weighted by Crippen LogP contribution is -2.43. The van der Waals surface area contributed by atoms with Gasteiger partial charge in [-0.05, 0) is 5.92 Å². The molecule has 3 heteroatoms. The van der Waals surface area contributed by atoms with E-state index in [2.05, 4.69) is 0 Å². The van der Waals surface area contributed by atoms with E-state index < -0.39 is 17.8 Å². The minimum absolute atomic E-state index is 0.0341. The Labute approximate surface area is 67.7 Å². The molecule has 1 atom stereocenters. The summed E-state index contributed by atoms with van der Waals surface area (Å²) in [6.45, 7) is 6.94. The van der Waals surface area contributed by atoms with E-state index in [1.807, 2.05) is 13.8 Å². The average molecular weight is 162 g/mol. The monoisotopic (exact) mass is 162 g/mol. The molecule has 0 saturated carbocycles. The first-order valence-corrected chi connectivity index (χ1v) is 3.84. The van der Waals surface area contributed by atoms with Crippen LogP contribution in [0.5, 0.6) is 0 Å². The Hall–Kier alpha value is -0.120. The molecule has 0 heterocycles. The molecule has 11 heavy (non-hydrogen) atoms. The molecular formula is C8H18O3. The van der Waals surface area contributed by atoms with Crippen molar-refractivity contribution < 1.29 is 15.3 Å². The van der Waals surface area contributed by atoms with E-state index in [1.165, 1.54) is 0 Å². The Kier molecular flexibility index (Phi) is 3.48. The summed E-state index contributed by atoms with van der Waals surface area (Å²) in [7, 11) is 0. The molecule has 0 aliphatic rings. The molecule has 3 N–H and O–H groups in total. The summed E-state index contributed by atoms with van der Waals surface area (Å²) in [5, 5.41) is 27.3. The number of aliphatic hydroxyl groups is 3. The Morgan fingerprint density at radius 3 is 1.45 bits per heavy atom. The smallest absolute Gasteiger partial charge is 0.159 e. The molecule has 68 valence electrons. The fourth-order valence-corrected chi connectivity index (χ4v) is 1.01. The fraction of sp³-hybridized carbons (Fsp3) is 1.00. The first-order valence-electron chi connectivity index (χ1n) is 3.84. The van der Waals surface area contributed by atoms with Gasteiger partial charge in [0.1, 0.15) is 0 Å². The molecule has 0 aromatic carbocycles. The lowest BCUT2D eigenvalue weighted by Gasteiger charge is -2.34. The normalized spacial score (nSPS) is 16.1. The highest BCUT2D eigenvalue weighted by Gasteiger charge is 2.35. The molecule has 0 radical (unpaired) electrons. The van der Waals surface area contributed by atoms with Crippen LogP contribution in [0.3, 0.4) is 0 Å². The predicted octanol–water partition coefficient (Wildman–Crippen LogP) is 0.340. The highest BCUT2D eigenvalue weighted by molar-refractivity contribution is 4.81. The Balaban J connectivity index is 4.29. The second kappa shape index (κ2) is 3.52. The van der Waals surface area contributed by atoms with Gasteiger partial charge in [-0.1, -0.05) is 27.7 Å². The van der Waals surface area contributed by atoms with Gasteiger partial charge in [0.05, 0.1) is 6.10 Å². The van der Waals surface area contributed by atoms with Gasteiger partial charge < -0.3 is 15.3 Å². The third-order valence-electron chi connectivity index (χ3n) is 2.06. The average Bonchev–Trinajstić information content (AvgIpc) is 1.85. The minimum atomic E-state index is -1.47. The second-order valence-corrected chi connectivity index (χ2v) is 3.88. The highest BCUT2D eigenvalue weighted by Crippen LogP contribution is 2.28. The molecule has 0 aromatic heterocycles. The zero-order valence-electron chi connectivity index (χ0n) is 7.57. The van der Waals surface area contributed by atoms with Crippen LogP contribution in [0.4, 0.5) is 0 Å². The largest absolute Gasteiger partial charge is 0.392 e. The molecular weight excluding hydrogens is 144 g/mol. The quantitative estimate of drug-likeness (QED) is 0.524. The lowest BCUT2D eigenvalue weighted by molar-refractivity contribution is -0.170. The molecule has 0 aliphatic carbocycles. The van der Waals surface area contributed by atoms with Crippen LogP contribution in [-0.2, 0) is 0 Å². The summed E-state index contributed by atoms with van der Waals surface area (Å²) >= 11 is 0. The second-order valence-electron chi connectivity index (χ2n) is 3.88. The van der Waals surface area contributed by atoms with E-state index in [4.69, 9.17) is 10.2 Å². The van der Waals surface area contributed by atoms with Crippen molar-refractivity contribution in [3.05, 3.63) is 0 Å². The van der Waals surface area contributed by atoms with E-state index in [0.717, 1.165) is 0 Å². The van der Waals surface area contributed by atoms with Crippen LogP contribution in [0.1, 0.15) is 27.7 Å². The van der Waals surface area contributed by atoms with E-state index in [0.29, 0.717) is 0 Å². The molecule has 0 fully saturated rings. The Morgan fingerprint density at radius 2 is 1.36 bits per heavy atom. The number of hydrogen-bond donors (Lipinski definition) is 3. The van der Waals surface area contributed by atoms with Crippen molar-refractivity contribution in [3.63, 3.8) is 0 Å². The molecule has 0 aromatic rings. The third kappa shape index (κ3) is 2.43. The summed E-state index contributed by atoms with van der Waals surface area (Å²) < 4.78 is 0. The van der Waals surface area contributed by atoms with Crippen LogP contribution < -0.4 is 0 Å². The zero-order chi connectivity index (χ0) is 9.23. The van der Waals surface area contributed by atoms with Crippen LogP contribution >= 0.6 is 0 Å². The van der Waals surface area contributed by atoms with Crippen molar-refractivity contribution in [1.82, 2.24) is 0 Å². The molecule has 1 unspecified atom stereocenters. The summed E-state index contributed by atoms with van der Waals surface area (Å²) in [5.41, 5.74) is -0.853. The van der Waals surface area contributed by atoms with E-state index in [9.17, 15) is 5.11 Å². The number of rotatable bonds is 3. The Bertz CT molecular complexity index is 119. The van der Waals surface area contributed by atoms with E-state index in [1.54, 1.807) is 13.8 Å². The van der Waals surface area contributed by atoms with Gasteiger partial charge in [-0.3, -0.25) is 0 Å². The van der Waals surface area contributed by atoms with Gasteiger partial charge in [0.2, 0.25) is 0 Å². The van der Waals surface area contributed by atoms with Crippen molar-refractivity contribution in [3.8, 4) is 0 Å². The molecule has 3 nitrogen and oxygen atoms in total. The number of hydrogen-bond acceptors (Lipinski definition) is 3. The maximum atomic E-state index is 9.50. The van der Waals surface area contributed by atoms with Crippen LogP contribution in [-0.4, -0.2) is 27.7 Å². The first kappa shape index (κ1) is 10.9. The van der Waals surface area contributed by atoms with Crippen molar-refractivity contribution in [2.75, 3.05) is 0 Å². The topological polar surface area (TPSA) is 60.7 Å². The maximum absolute atomic E-state index is 9.50. The van der Waals surface area contributed by atoms with Gasteiger partial charge in [0, 0.05) is 5.41 Å². The van der Waals surface area contributed by atoms with Gasteiger partial charge in [0.15, 0.2) is 6.29 Å². The van der Waals surface area contributed by atoms with E-state index >= 15 is 0 Å². The van der Waals surface area contributed by atoms with E-state index in [-0.39, 0.29) is 5.92 Å². The van der Waals surface area contributed by atoms with Gasteiger partial charge in [-0.15, -0.1) is 0 Å². The van der Waals surface area contributed by atoms with Crippen molar-refractivity contribution in [2.45, 2.75) is 40.1 Å². The summed E-state index contributed by atoms with van der Waals surface area (Å²) in [5.74, 6) is 0.0341. The lowest BCUT2D eigenvalue weighted by atomic mass is 9.80. The van der Waals surface area contributed by atoms with Gasteiger partial charge in [-0.25, -0.2) is 0 Å². The van der Waals surface area contributed by atoms with Crippen LogP contribution in [0.2, 0.25) is 0 Å². The SMILES string of the molecule is CC(C)C(O)C(C)(C)C(O)O. The summed E-state index contributed by atoms with van der Waals surface area (Å²) in [4.78, 5) is 0. The van der Waals surface area contributed by atoms with Crippen LogP contribution in [0.25, 0.3) is 0 Å². The van der Waals surface area contributed by atoms with Crippen LogP contribution in [0, 0.1) is 11.3 Å². The summed E-state index contributed by atoms with van der Waals surface area (Å²) in [6.07, 6.45) is -2.16. The molecule has 0 bridgehead atoms. The first-order chi connectivity index (χ1) is 4.80. The highest BCUT2D eigenvalue weighted by atomic mass is 16.5. The van der Waals surface area contributed by atoms with Crippen LogP contribution in [0.15, 0.2) is 0 Å². The Morgan fingerprint density at radius 1 is 1.00 bits per heavy atom. The molecule has 0 rings (SSSR count). The molecule has 0 aliphatic heterocycles. The van der Waals surface area contributed by atoms with Gasteiger partial charge in [0.25, 0.3) is 0 Å². The third-order valence-corrected chi connectivity index (χ3v) is 2.06. The van der Waals surface area contributed by atoms with Crippen molar-refractivity contribution >= 4 is 0 Å². The van der Waals surface area contributed by atoms with Crippen molar-refractivity contribution in [1.29, 1.82) is 0 Å². The minimum Gasteiger partial charge on any atom is -0.392 e. The fourth-order valence-electron chi connectivity index (χ4n) is 1.01. The molecule has 0 amide bonds. The molecule has 0 spiro atoms. The van der Waals surface area contributed by atoms with Crippen molar-refractivity contribution in [2.24, 2.45) is 11.3 Å². The zero-order valence-corrected chi connectivity index (χ0v) is 7.57. The maximum Gasteiger partial charge on any atom is 0.159 e. The number of aliphatic hydroxyl groups excluding tert-OH is 2. The standard InChI is InChI=1S/C8H18O3/c1-5(2)6(9)8(3,4)7(10)11/h5-7,9-11H,1-4H3. The van der Waals surface area contributed by atoms with Gasteiger partial charge >= 0.3 is 0 Å². The molecule has 0 saturated heterocycles. The van der Waals surface area contributed by atoms with Gasteiger partial charge in [-0.2, -0.15) is 0 Å².